The second kappa shape index (κ2) is 3.00. The molecule has 0 aromatic carbocycles. The van der Waals surface area contributed by atoms with E-state index in [0.717, 1.165) is 6.92 Å². The van der Waals surface area contributed by atoms with E-state index in [0.29, 0.717) is 0 Å². The van der Waals surface area contributed by atoms with Gasteiger partial charge in [0, 0.05) is 0 Å². The van der Waals surface area contributed by atoms with Gasteiger partial charge in [-0.25, -0.2) is 9.37 Å². The Bertz CT molecular complexity index is 381. The molecule has 0 radical (unpaired) electrons. The molecule has 0 spiro atoms. The van der Waals surface area contributed by atoms with Crippen molar-refractivity contribution in [2.45, 2.75) is 6.92 Å². The van der Waals surface area contributed by atoms with Gasteiger partial charge in [0.15, 0.2) is 5.82 Å². The van der Waals surface area contributed by atoms with Crippen LogP contribution in [0.2, 0.25) is 0 Å². The number of rotatable bonds is 1. The molecule has 7 heteroatoms. The first-order valence-electron chi connectivity index (χ1n) is 3.10. The zero-order valence-corrected chi connectivity index (χ0v) is 6.34. The molecule has 1 heterocycles. The summed E-state index contributed by atoms with van der Waals surface area (Å²) in [4.78, 5) is 11.5. The lowest BCUT2D eigenvalue weighted by molar-refractivity contribution is -0.391. The smallest absolute Gasteiger partial charge is 0.258 e. The molecule has 0 amide bonds. The molecule has 0 aliphatic heterocycles. The highest BCUT2D eigenvalue weighted by Crippen LogP contribution is 2.23. The monoisotopic (exact) mass is 192 g/mol. The molecule has 0 saturated carbocycles. The van der Waals surface area contributed by atoms with Gasteiger partial charge in [-0.3, -0.25) is 10.1 Å². The van der Waals surface area contributed by atoms with Crippen molar-refractivity contribution >= 4 is 5.69 Å². The number of hydrogen-bond donors (Lipinski definition) is 0. The summed E-state index contributed by atoms with van der Waals surface area (Å²) in [7, 11) is 0. The van der Waals surface area contributed by atoms with Crippen molar-refractivity contribution in [1.82, 2.24) is 4.98 Å². The molecule has 1 rings (SSSR count). The average Bonchev–Trinajstić information content (AvgIpc) is 1.99. The van der Waals surface area contributed by atoms with Crippen molar-refractivity contribution in [2.24, 2.45) is 0 Å². The van der Waals surface area contributed by atoms with E-state index in [4.69, 9.17) is 0 Å². The SMILES string of the molecule is Cc1nc(F)c([N+](=O)[O-])c(F)c1F. The van der Waals surface area contributed by atoms with Gasteiger partial charge in [-0.1, -0.05) is 0 Å². The van der Waals surface area contributed by atoms with Gasteiger partial charge in [0.1, 0.15) is 0 Å². The molecule has 0 atom stereocenters. The molecular formula is C6H3F3N2O2. The molecule has 0 bridgehead atoms. The number of halogens is 3. The Hall–Kier alpha value is -1.66. The van der Waals surface area contributed by atoms with Gasteiger partial charge in [-0.15, -0.1) is 0 Å². The second-order valence-corrected chi connectivity index (χ2v) is 2.22. The first kappa shape index (κ1) is 9.43. The molecule has 13 heavy (non-hydrogen) atoms. The van der Waals surface area contributed by atoms with Crippen LogP contribution in [0.15, 0.2) is 0 Å². The van der Waals surface area contributed by atoms with Gasteiger partial charge in [-0.05, 0) is 6.92 Å². The van der Waals surface area contributed by atoms with Crippen LogP contribution in [0.3, 0.4) is 0 Å². The van der Waals surface area contributed by atoms with E-state index in [1.54, 1.807) is 0 Å². The molecule has 0 N–H and O–H groups in total. The summed E-state index contributed by atoms with van der Waals surface area (Å²) in [6.07, 6.45) is 0. The van der Waals surface area contributed by atoms with Crippen LogP contribution in [-0.4, -0.2) is 9.91 Å². The predicted octanol–water partition coefficient (Wildman–Crippen LogP) is 1.72. The van der Waals surface area contributed by atoms with Gasteiger partial charge in [-0.2, -0.15) is 8.78 Å². The number of pyridine rings is 1. The quantitative estimate of drug-likeness (QED) is 0.386. The molecule has 0 aliphatic rings. The third-order valence-electron chi connectivity index (χ3n) is 1.36. The molecule has 0 fully saturated rings. The molecule has 1 aromatic heterocycles. The van der Waals surface area contributed by atoms with E-state index in [1.165, 1.54) is 0 Å². The Balaban J connectivity index is 3.53. The molecule has 4 nitrogen and oxygen atoms in total. The summed E-state index contributed by atoms with van der Waals surface area (Å²) >= 11 is 0. The van der Waals surface area contributed by atoms with Crippen LogP contribution in [0.1, 0.15) is 5.69 Å². The minimum Gasteiger partial charge on any atom is -0.258 e. The van der Waals surface area contributed by atoms with E-state index in [1.807, 2.05) is 0 Å². The van der Waals surface area contributed by atoms with Crippen LogP contribution >= 0.6 is 0 Å². The van der Waals surface area contributed by atoms with Gasteiger partial charge in [0.25, 0.3) is 5.95 Å². The summed E-state index contributed by atoms with van der Waals surface area (Å²) in [5, 5.41) is 10.0. The number of nitro groups is 1. The van der Waals surface area contributed by atoms with Gasteiger partial charge >= 0.3 is 5.69 Å². The number of aromatic nitrogens is 1. The Labute approximate surface area is 70.2 Å². The van der Waals surface area contributed by atoms with Crippen molar-refractivity contribution in [3.8, 4) is 0 Å². The Morgan fingerprint density at radius 3 is 2.31 bits per heavy atom. The summed E-state index contributed by atoms with van der Waals surface area (Å²) in [5.74, 6) is -4.95. The van der Waals surface area contributed by atoms with Gasteiger partial charge in [0.2, 0.25) is 5.82 Å². The first-order chi connectivity index (χ1) is 5.95. The van der Waals surface area contributed by atoms with Gasteiger partial charge in [0.05, 0.1) is 10.6 Å². The Morgan fingerprint density at radius 2 is 1.85 bits per heavy atom. The molecule has 0 saturated heterocycles. The standard InChI is InChI=1S/C6H3F3N2O2/c1-2-3(7)4(8)5(11(12)13)6(9)10-2/h1H3. The van der Waals surface area contributed by atoms with Crippen molar-refractivity contribution < 1.29 is 18.1 Å². The number of aryl methyl sites for hydroxylation is 1. The molecule has 1 aromatic rings. The van der Waals surface area contributed by atoms with Gasteiger partial charge < -0.3 is 0 Å². The molecular weight excluding hydrogens is 189 g/mol. The zero-order valence-electron chi connectivity index (χ0n) is 6.34. The van der Waals surface area contributed by atoms with Crippen LogP contribution in [0.25, 0.3) is 0 Å². The van der Waals surface area contributed by atoms with Crippen molar-refractivity contribution in [1.29, 1.82) is 0 Å². The summed E-state index contributed by atoms with van der Waals surface area (Å²) in [6, 6.07) is 0. The van der Waals surface area contributed by atoms with Crippen molar-refractivity contribution in [2.75, 3.05) is 0 Å². The third kappa shape index (κ3) is 1.44. The largest absolute Gasteiger partial charge is 0.362 e. The normalized spacial score (nSPS) is 10.2. The molecule has 0 aliphatic carbocycles. The lowest BCUT2D eigenvalue weighted by Gasteiger charge is -1.98. The first-order valence-corrected chi connectivity index (χ1v) is 3.10. The fraction of sp³-hybridized carbons (Fsp3) is 0.167. The van der Waals surface area contributed by atoms with E-state index in [2.05, 4.69) is 4.98 Å². The lowest BCUT2D eigenvalue weighted by atomic mass is 10.3. The van der Waals surface area contributed by atoms with Crippen molar-refractivity contribution in [3.63, 3.8) is 0 Å². The maximum atomic E-state index is 12.7. The van der Waals surface area contributed by atoms with Crippen LogP contribution in [-0.2, 0) is 0 Å². The van der Waals surface area contributed by atoms with E-state index in [9.17, 15) is 23.3 Å². The second-order valence-electron chi connectivity index (χ2n) is 2.22. The Morgan fingerprint density at radius 1 is 1.31 bits per heavy atom. The average molecular weight is 192 g/mol. The fourth-order valence-corrected chi connectivity index (χ4v) is 0.758. The number of hydrogen-bond acceptors (Lipinski definition) is 3. The minimum absolute atomic E-state index is 0.555. The minimum atomic E-state index is -1.82. The summed E-state index contributed by atoms with van der Waals surface area (Å²) < 4.78 is 37.9. The highest BCUT2D eigenvalue weighted by Gasteiger charge is 2.27. The van der Waals surface area contributed by atoms with E-state index >= 15 is 0 Å². The zero-order chi connectivity index (χ0) is 10.2. The summed E-state index contributed by atoms with van der Waals surface area (Å²) in [5.41, 5.74) is -2.12. The van der Waals surface area contributed by atoms with Crippen LogP contribution in [0, 0.1) is 34.6 Å². The predicted molar refractivity (Wildman–Crippen MR) is 35.5 cm³/mol. The van der Waals surface area contributed by atoms with E-state index < -0.39 is 33.9 Å². The third-order valence-corrected chi connectivity index (χ3v) is 1.36. The molecule has 70 valence electrons. The summed E-state index contributed by atoms with van der Waals surface area (Å²) in [6.45, 7) is 1.01. The molecule has 0 unspecified atom stereocenters. The topological polar surface area (TPSA) is 56.0 Å². The van der Waals surface area contributed by atoms with Crippen LogP contribution in [0.4, 0.5) is 18.9 Å². The highest BCUT2D eigenvalue weighted by molar-refractivity contribution is 5.32. The fourth-order valence-electron chi connectivity index (χ4n) is 0.758. The van der Waals surface area contributed by atoms with Crippen LogP contribution < -0.4 is 0 Å². The van der Waals surface area contributed by atoms with E-state index in [-0.39, 0.29) is 0 Å². The maximum absolute atomic E-state index is 12.7. The Kier molecular flexibility index (Phi) is 2.18. The van der Waals surface area contributed by atoms with Crippen molar-refractivity contribution in [3.05, 3.63) is 33.4 Å². The van der Waals surface area contributed by atoms with Crippen LogP contribution in [0.5, 0.6) is 0 Å². The number of nitrogens with zero attached hydrogens (tertiary/aromatic N) is 2. The highest BCUT2D eigenvalue weighted by atomic mass is 19.2. The maximum Gasteiger partial charge on any atom is 0.362 e. The lowest BCUT2D eigenvalue weighted by Crippen LogP contribution is -2.04.